The van der Waals surface area contributed by atoms with Gasteiger partial charge in [-0.1, -0.05) is 0 Å². The minimum Gasteiger partial charge on any atom is -0.305 e. The quantitative estimate of drug-likeness (QED) is 0.531. The Kier molecular flexibility index (Phi) is 6.23. The molecule has 0 atom stereocenters. The number of aryl methyl sites for hydroxylation is 1. The van der Waals surface area contributed by atoms with Crippen LogP contribution in [0.3, 0.4) is 0 Å². The summed E-state index contributed by atoms with van der Waals surface area (Å²) >= 11 is 5.36. The molecule has 3 aromatic heterocycles. The van der Waals surface area contributed by atoms with E-state index in [1.807, 2.05) is 11.3 Å². The Hall–Kier alpha value is -1.57. The number of aromatic nitrogens is 2. The minimum atomic E-state index is -0.412. The number of halogens is 2. The van der Waals surface area contributed by atoms with Crippen molar-refractivity contribution in [2.45, 2.75) is 32.2 Å². The molecule has 1 fully saturated rings. The van der Waals surface area contributed by atoms with Crippen molar-refractivity contribution in [3.8, 4) is 0 Å². The lowest BCUT2D eigenvalue weighted by Gasteiger charge is -2.32. The van der Waals surface area contributed by atoms with Gasteiger partial charge in [-0.25, -0.2) is 4.39 Å². The van der Waals surface area contributed by atoms with Crippen molar-refractivity contribution >= 4 is 38.3 Å². The van der Waals surface area contributed by atoms with Gasteiger partial charge >= 0.3 is 0 Å². The van der Waals surface area contributed by atoms with Gasteiger partial charge in [0.15, 0.2) is 0 Å². The van der Waals surface area contributed by atoms with Crippen LogP contribution in [0.4, 0.5) is 4.39 Å². The summed E-state index contributed by atoms with van der Waals surface area (Å²) in [4.78, 5) is 20.2. The molecular weight excluding hydrogens is 441 g/mol. The van der Waals surface area contributed by atoms with Crippen LogP contribution in [-0.4, -0.2) is 34.1 Å². The summed E-state index contributed by atoms with van der Waals surface area (Å²) < 4.78 is 16.4. The van der Waals surface area contributed by atoms with Crippen LogP contribution in [0, 0.1) is 11.7 Å². The minimum absolute atomic E-state index is 0.100. The molecule has 148 valence electrons. The molecule has 7 heteroatoms. The van der Waals surface area contributed by atoms with E-state index in [0.717, 1.165) is 32.0 Å². The van der Waals surface area contributed by atoms with Crippen LogP contribution >= 0.6 is 27.3 Å². The largest absolute Gasteiger partial charge is 0.305 e. The molecule has 0 aliphatic carbocycles. The Morgan fingerprint density at radius 1 is 1.18 bits per heavy atom. The molecule has 0 saturated carbocycles. The molecule has 0 N–H and O–H groups in total. The van der Waals surface area contributed by atoms with Crippen LogP contribution in [0.2, 0.25) is 0 Å². The second kappa shape index (κ2) is 8.84. The third kappa shape index (κ3) is 4.70. The number of piperidine rings is 1. The number of hydrogen-bond acceptors (Lipinski definition) is 4. The maximum absolute atomic E-state index is 13.6. The van der Waals surface area contributed by atoms with Gasteiger partial charge in [0.1, 0.15) is 5.82 Å². The van der Waals surface area contributed by atoms with Crippen molar-refractivity contribution in [2.24, 2.45) is 5.92 Å². The van der Waals surface area contributed by atoms with E-state index in [0.29, 0.717) is 17.6 Å². The number of likely N-dealkylation sites (tertiary alicyclic amines) is 1. The third-order valence-electron chi connectivity index (χ3n) is 5.58. The first-order valence-electron chi connectivity index (χ1n) is 9.70. The summed E-state index contributed by atoms with van der Waals surface area (Å²) in [7, 11) is 0. The van der Waals surface area contributed by atoms with Gasteiger partial charge in [0.25, 0.3) is 5.56 Å². The van der Waals surface area contributed by atoms with Gasteiger partial charge in [0.2, 0.25) is 0 Å². The van der Waals surface area contributed by atoms with Crippen LogP contribution < -0.4 is 5.56 Å². The highest BCUT2D eigenvalue weighted by atomic mass is 79.9. The van der Waals surface area contributed by atoms with E-state index in [1.165, 1.54) is 46.3 Å². The molecular formula is C21H23BrFN3OS. The Bertz CT molecular complexity index is 1010. The Morgan fingerprint density at radius 3 is 2.75 bits per heavy atom. The van der Waals surface area contributed by atoms with Crippen molar-refractivity contribution in [3.05, 3.63) is 61.4 Å². The average Bonchev–Trinajstić information content (AvgIpc) is 3.12. The zero-order chi connectivity index (χ0) is 19.5. The number of nitrogens with zero attached hydrogens (tertiary/aromatic N) is 3. The first kappa shape index (κ1) is 19.7. The normalized spacial score (nSPS) is 16.1. The molecule has 4 rings (SSSR count). The molecule has 0 spiro atoms. The lowest BCUT2D eigenvalue weighted by Crippen LogP contribution is -2.37. The highest BCUT2D eigenvalue weighted by Gasteiger charge is 2.19. The van der Waals surface area contributed by atoms with Crippen molar-refractivity contribution in [2.75, 3.05) is 19.6 Å². The maximum atomic E-state index is 13.6. The SMILES string of the molecule is O=c1ccc2ncc(F)cc2n1CCN1CCC(CCc2ccc(Br)s2)CC1. The number of hydrogen-bond donors (Lipinski definition) is 0. The fourth-order valence-electron chi connectivity index (χ4n) is 3.95. The Balaban J connectivity index is 1.31. The molecule has 1 saturated heterocycles. The van der Waals surface area contributed by atoms with Gasteiger partial charge in [0, 0.05) is 30.1 Å². The summed E-state index contributed by atoms with van der Waals surface area (Å²) in [5.74, 6) is 0.362. The summed E-state index contributed by atoms with van der Waals surface area (Å²) in [6, 6.07) is 8.91. The van der Waals surface area contributed by atoms with Gasteiger partial charge in [-0.2, -0.15) is 0 Å². The molecule has 0 aromatic carbocycles. The molecule has 3 aromatic rings. The van der Waals surface area contributed by atoms with E-state index in [4.69, 9.17) is 0 Å². The highest BCUT2D eigenvalue weighted by Crippen LogP contribution is 2.27. The van der Waals surface area contributed by atoms with Crippen LogP contribution in [-0.2, 0) is 13.0 Å². The molecule has 4 heterocycles. The number of thiophene rings is 1. The van der Waals surface area contributed by atoms with Crippen molar-refractivity contribution in [1.82, 2.24) is 14.5 Å². The maximum Gasteiger partial charge on any atom is 0.251 e. The van der Waals surface area contributed by atoms with E-state index in [-0.39, 0.29) is 5.56 Å². The zero-order valence-corrected chi connectivity index (χ0v) is 18.0. The van der Waals surface area contributed by atoms with Crippen LogP contribution in [0.25, 0.3) is 11.0 Å². The summed E-state index contributed by atoms with van der Waals surface area (Å²) in [6.07, 6.45) is 6.00. The number of fused-ring (bicyclic) bond motifs is 1. The first-order chi connectivity index (χ1) is 13.6. The highest BCUT2D eigenvalue weighted by molar-refractivity contribution is 9.11. The molecule has 0 unspecified atom stereocenters. The van der Waals surface area contributed by atoms with Crippen molar-refractivity contribution < 1.29 is 4.39 Å². The smallest absolute Gasteiger partial charge is 0.251 e. The molecule has 0 bridgehead atoms. The van der Waals surface area contributed by atoms with Gasteiger partial charge in [-0.15, -0.1) is 11.3 Å². The van der Waals surface area contributed by atoms with E-state index in [1.54, 1.807) is 10.6 Å². The Labute approximate surface area is 176 Å². The molecule has 4 nitrogen and oxygen atoms in total. The fraction of sp³-hybridized carbons (Fsp3) is 0.429. The second-order valence-corrected chi connectivity index (χ2v) is 9.96. The van der Waals surface area contributed by atoms with Gasteiger partial charge in [0.05, 0.1) is 21.0 Å². The van der Waals surface area contributed by atoms with E-state index >= 15 is 0 Å². The van der Waals surface area contributed by atoms with Crippen LogP contribution in [0.1, 0.15) is 24.1 Å². The summed E-state index contributed by atoms with van der Waals surface area (Å²) in [5, 5.41) is 0. The molecule has 1 aliphatic rings. The molecule has 1 aliphatic heterocycles. The predicted molar refractivity (Wildman–Crippen MR) is 115 cm³/mol. The van der Waals surface area contributed by atoms with Gasteiger partial charge in [-0.3, -0.25) is 9.78 Å². The third-order valence-corrected chi connectivity index (χ3v) is 7.26. The van der Waals surface area contributed by atoms with Crippen molar-refractivity contribution in [1.29, 1.82) is 0 Å². The van der Waals surface area contributed by atoms with Gasteiger partial charge < -0.3 is 9.47 Å². The standard InChI is InChI=1S/C21H23BrFN3OS/c22-20-5-3-17(28-20)2-1-15-7-9-25(10-8-15)11-12-26-19-13-16(23)14-24-18(19)4-6-21(26)27/h3-6,13-15H,1-2,7-12H2. The molecule has 0 radical (unpaired) electrons. The van der Waals surface area contributed by atoms with E-state index in [2.05, 4.69) is 37.9 Å². The first-order valence-corrected chi connectivity index (χ1v) is 11.3. The van der Waals surface area contributed by atoms with Crippen LogP contribution in [0.5, 0.6) is 0 Å². The zero-order valence-electron chi connectivity index (χ0n) is 15.6. The predicted octanol–water partition coefficient (Wildman–Crippen LogP) is 4.70. The van der Waals surface area contributed by atoms with Crippen LogP contribution in [0.15, 0.2) is 45.1 Å². The summed E-state index contributed by atoms with van der Waals surface area (Å²) in [5.41, 5.74) is 1.13. The average molecular weight is 464 g/mol. The Morgan fingerprint density at radius 2 is 2.00 bits per heavy atom. The molecule has 0 amide bonds. The topological polar surface area (TPSA) is 38.1 Å². The van der Waals surface area contributed by atoms with Crippen molar-refractivity contribution in [3.63, 3.8) is 0 Å². The lowest BCUT2D eigenvalue weighted by molar-refractivity contribution is 0.174. The van der Waals surface area contributed by atoms with E-state index < -0.39 is 5.82 Å². The fourth-order valence-corrected chi connectivity index (χ4v) is 5.44. The second-order valence-electron chi connectivity index (χ2n) is 7.41. The summed E-state index contributed by atoms with van der Waals surface area (Å²) in [6.45, 7) is 3.49. The van der Waals surface area contributed by atoms with Gasteiger partial charge in [-0.05, 0) is 78.8 Å². The number of pyridine rings is 2. The monoisotopic (exact) mass is 463 g/mol. The lowest BCUT2D eigenvalue weighted by atomic mass is 9.92. The van der Waals surface area contributed by atoms with E-state index in [9.17, 15) is 9.18 Å². The molecule has 28 heavy (non-hydrogen) atoms. The number of rotatable bonds is 6.